The molecular weight excluding hydrogens is 298 g/mol. The van der Waals surface area contributed by atoms with Gasteiger partial charge in [0.2, 0.25) is 0 Å². The van der Waals surface area contributed by atoms with Crippen LogP contribution in [0.1, 0.15) is 18.5 Å². The summed E-state index contributed by atoms with van der Waals surface area (Å²) < 4.78 is 8.04. The van der Waals surface area contributed by atoms with E-state index in [0.29, 0.717) is 5.02 Å². The summed E-state index contributed by atoms with van der Waals surface area (Å²) >= 11 is 6.15. The Morgan fingerprint density at radius 2 is 1.95 bits per heavy atom. The van der Waals surface area contributed by atoms with Crippen LogP contribution in [-0.2, 0) is 6.54 Å². The van der Waals surface area contributed by atoms with Gasteiger partial charge in [-0.15, -0.1) is 0 Å². The highest BCUT2D eigenvalue weighted by Crippen LogP contribution is 2.26. The minimum absolute atomic E-state index is 0.267. The molecule has 1 aliphatic heterocycles. The average molecular weight is 320 g/mol. The highest BCUT2D eigenvalue weighted by Gasteiger charge is 2.21. The van der Waals surface area contributed by atoms with Gasteiger partial charge in [0.15, 0.2) is 0 Å². The van der Waals surface area contributed by atoms with Gasteiger partial charge in [-0.2, -0.15) is 5.10 Å². The Morgan fingerprint density at radius 1 is 1.18 bits per heavy atom. The van der Waals surface area contributed by atoms with Gasteiger partial charge in [-0.05, 0) is 38.0 Å². The van der Waals surface area contributed by atoms with Crippen LogP contribution in [0.15, 0.2) is 36.5 Å². The number of hydrogen-bond donors (Lipinski definition) is 0. The zero-order valence-electron chi connectivity index (χ0n) is 12.9. The number of aromatic nitrogens is 2. The third-order valence-corrected chi connectivity index (χ3v) is 4.40. The average Bonchev–Trinajstić information content (AvgIpc) is 2.94. The Bertz CT molecular complexity index is 605. The van der Waals surface area contributed by atoms with Crippen LogP contribution >= 0.6 is 11.6 Å². The molecule has 118 valence electrons. The lowest BCUT2D eigenvalue weighted by Gasteiger charge is -2.32. The molecule has 0 N–H and O–H groups in total. The van der Waals surface area contributed by atoms with E-state index in [1.54, 1.807) is 0 Å². The van der Waals surface area contributed by atoms with Crippen molar-refractivity contribution in [2.75, 3.05) is 19.6 Å². The van der Waals surface area contributed by atoms with Crippen molar-refractivity contribution in [3.05, 3.63) is 47.2 Å². The Hall–Kier alpha value is -1.52. The van der Waals surface area contributed by atoms with Gasteiger partial charge < -0.3 is 9.64 Å². The second kappa shape index (κ2) is 7.16. The number of ether oxygens (including phenoxy) is 1. The lowest BCUT2D eigenvalue weighted by Crippen LogP contribution is -2.39. The third kappa shape index (κ3) is 4.02. The maximum atomic E-state index is 6.15. The molecule has 0 saturated carbocycles. The van der Waals surface area contributed by atoms with Crippen LogP contribution in [-0.4, -0.2) is 40.4 Å². The summed E-state index contributed by atoms with van der Waals surface area (Å²) in [7, 11) is 0. The monoisotopic (exact) mass is 319 g/mol. The largest absolute Gasteiger partial charge is 0.489 e. The molecule has 2 heterocycles. The summed E-state index contributed by atoms with van der Waals surface area (Å²) in [6, 6.07) is 9.74. The molecule has 1 aliphatic rings. The third-order valence-electron chi connectivity index (χ3n) is 4.08. The molecule has 4 nitrogen and oxygen atoms in total. The fourth-order valence-electron chi connectivity index (χ4n) is 2.80. The molecule has 1 saturated heterocycles. The van der Waals surface area contributed by atoms with Crippen molar-refractivity contribution in [1.29, 1.82) is 0 Å². The smallest absolute Gasteiger partial charge is 0.138 e. The molecule has 1 aromatic heterocycles. The van der Waals surface area contributed by atoms with Gasteiger partial charge in [0.25, 0.3) is 0 Å². The van der Waals surface area contributed by atoms with Gasteiger partial charge in [-0.1, -0.05) is 23.7 Å². The summed E-state index contributed by atoms with van der Waals surface area (Å²) in [6.45, 7) is 6.14. The molecule has 2 aromatic rings. The second-order valence-electron chi connectivity index (χ2n) is 5.81. The first-order valence-electron chi connectivity index (χ1n) is 7.84. The van der Waals surface area contributed by atoms with Gasteiger partial charge in [-0.3, -0.25) is 4.68 Å². The molecule has 0 atom stereocenters. The number of rotatable bonds is 5. The summed E-state index contributed by atoms with van der Waals surface area (Å²) in [5, 5.41) is 5.12. The second-order valence-corrected chi connectivity index (χ2v) is 6.22. The Kier molecular flexibility index (Phi) is 5.01. The number of likely N-dealkylation sites (tertiary alicyclic amines) is 1. The van der Waals surface area contributed by atoms with Crippen molar-refractivity contribution in [2.24, 2.45) is 0 Å². The van der Waals surface area contributed by atoms with E-state index in [1.165, 1.54) is 0 Å². The summed E-state index contributed by atoms with van der Waals surface area (Å²) in [5.41, 5.74) is 1.08. The van der Waals surface area contributed by atoms with E-state index in [4.69, 9.17) is 16.3 Å². The van der Waals surface area contributed by atoms with Crippen LogP contribution in [0, 0.1) is 6.92 Å². The summed E-state index contributed by atoms with van der Waals surface area (Å²) in [4.78, 5) is 2.48. The fraction of sp³-hybridized carbons (Fsp3) is 0.471. The van der Waals surface area contributed by atoms with Crippen LogP contribution in [0.5, 0.6) is 5.75 Å². The minimum Gasteiger partial charge on any atom is -0.489 e. The zero-order valence-corrected chi connectivity index (χ0v) is 13.7. The van der Waals surface area contributed by atoms with Crippen molar-refractivity contribution in [2.45, 2.75) is 32.4 Å². The number of piperidine rings is 1. The number of para-hydroxylation sites is 1. The van der Waals surface area contributed by atoms with Gasteiger partial charge in [0.1, 0.15) is 11.9 Å². The highest BCUT2D eigenvalue weighted by molar-refractivity contribution is 6.32. The molecule has 0 amide bonds. The fourth-order valence-corrected chi connectivity index (χ4v) is 2.98. The first kappa shape index (κ1) is 15.4. The molecule has 0 spiro atoms. The van der Waals surface area contributed by atoms with E-state index in [9.17, 15) is 0 Å². The normalized spacial score (nSPS) is 16.8. The first-order valence-corrected chi connectivity index (χ1v) is 8.22. The molecule has 0 aliphatic carbocycles. The molecular formula is C17H22ClN3O. The standard InChI is InChI=1S/C17H22ClN3O/c1-14-6-11-21(19-14)13-12-20-9-7-15(8-10-20)22-17-5-3-2-4-16(17)18/h2-6,11,15H,7-10,12-13H2,1H3. The molecule has 0 radical (unpaired) electrons. The Morgan fingerprint density at radius 3 is 2.64 bits per heavy atom. The molecule has 22 heavy (non-hydrogen) atoms. The molecule has 3 rings (SSSR count). The van der Waals surface area contributed by atoms with E-state index in [0.717, 1.165) is 50.5 Å². The lowest BCUT2D eigenvalue weighted by molar-refractivity contribution is 0.0980. The molecule has 1 fully saturated rings. The summed E-state index contributed by atoms with van der Waals surface area (Å²) in [6.07, 6.45) is 4.40. The van der Waals surface area contributed by atoms with Crippen molar-refractivity contribution >= 4 is 11.6 Å². The van der Waals surface area contributed by atoms with Gasteiger partial charge in [0.05, 0.1) is 17.3 Å². The SMILES string of the molecule is Cc1ccn(CCN2CCC(Oc3ccccc3Cl)CC2)n1. The quantitative estimate of drug-likeness (QED) is 0.846. The number of halogens is 1. The van der Waals surface area contributed by atoms with E-state index in [2.05, 4.69) is 10.00 Å². The zero-order chi connectivity index (χ0) is 15.4. The maximum Gasteiger partial charge on any atom is 0.138 e. The molecule has 0 unspecified atom stereocenters. The van der Waals surface area contributed by atoms with Gasteiger partial charge in [-0.25, -0.2) is 0 Å². The highest BCUT2D eigenvalue weighted by atomic mass is 35.5. The van der Waals surface area contributed by atoms with E-state index >= 15 is 0 Å². The van der Waals surface area contributed by atoms with Crippen LogP contribution in [0.4, 0.5) is 0 Å². The number of hydrogen-bond acceptors (Lipinski definition) is 3. The van der Waals surface area contributed by atoms with E-state index in [1.807, 2.05) is 48.1 Å². The topological polar surface area (TPSA) is 30.3 Å². The first-order chi connectivity index (χ1) is 10.7. The number of aryl methyl sites for hydroxylation is 1. The van der Waals surface area contributed by atoms with Crippen LogP contribution in [0.25, 0.3) is 0 Å². The molecule has 1 aromatic carbocycles. The van der Waals surface area contributed by atoms with Crippen molar-refractivity contribution < 1.29 is 4.74 Å². The minimum atomic E-state index is 0.267. The maximum absolute atomic E-state index is 6.15. The van der Waals surface area contributed by atoms with Crippen LogP contribution in [0.3, 0.4) is 0 Å². The van der Waals surface area contributed by atoms with E-state index in [-0.39, 0.29) is 6.10 Å². The van der Waals surface area contributed by atoms with Gasteiger partial charge in [0, 0.05) is 25.8 Å². The predicted octanol–water partition coefficient (Wildman–Crippen LogP) is 3.39. The molecule has 0 bridgehead atoms. The Balaban J connectivity index is 1.43. The Labute approximate surface area is 136 Å². The summed E-state index contributed by atoms with van der Waals surface area (Å²) in [5.74, 6) is 0.801. The van der Waals surface area contributed by atoms with Crippen LogP contribution in [0.2, 0.25) is 5.02 Å². The van der Waals surface area contributed by atoms with E-state index < -0.39 is 0 Å². The van der Waals surface area contributed by atoms with Gasteiger partial charge >= 0.3 is 0 Å². The van der Waals surface area contributed by atoms with Crippen molar-refractivity contribution in [3.8, 4) is 5.75 Å². The predicted molar refractivity (Wildman–Crippen MR) is 88.5 cm³/mol. The lowest BCUT2D eigenvalue weighted by atomic mass is 10.1. The molecule has 5 heteroatoms. The van der Waals surface area contributed by atoms with Crippen LogP contribution < -0.4 is 4.74 Å². The number of benzene rings is 1. The van der Waals surface area contributed by atoms with Crippen molar-refractivity contribution in [1.82, 2.24) is 14.7 Å². The van der Waals surface area contributed by atoms with Crippen molar-refractivity contribution in [3.63, 3.8) is 0 Å². The number of nitrogens with zero attached hydrogens (tertiary/aromatic N) is 3.